The van der Waals surface area contributed by atoms with Gasteiger partial charge in [0.05, 0.1) is 0 Å². The molecule has 0 radical (unpaired) electrons. The largest absolute Gasteiger partial charge is 0.356 e. The molecule has 0 bridgehead atoms. The molecule has 1 saturated heterocycles. The first-order valence-electron chi connectivity index (χ1n) is 11.1. The second kappa shape index (κ2) is 8.62. The van der Waals surface area contributed by atoms with Crippen LogP contribution in [0, 0.1) is 13.8 Å². The van der Waals surface area contributed by atoms with Crippen molar-refractivity contribution in [2.45, 2.75) is 64.3 Å². The fraction of sp³-hybridized carbons (Fsp3) is 0.542. The molecule has 30 heavy (non-hydrogen) atoms. The first-order chi connectivity index (χ1) is 14.4. The number of piperidine rings is 1. The Morgan fingerprint density at radius 1 is 1.20 bits per heavy atom. The molecule has 1 fully saturated rings. The van der Waals surface area contributed by atoms with Gasteiger partial charge in [-0.25, -0.2) is 14.8 Å². The van der Waals surface area contributed by atoms with E-state index in [1.807, 2.05) is 19.9 Å². The maximum atomic E-state index is 12.6. The lowest BCUT2D eigenvalue weighted by atomic mass is 9.71. The van der Waals surface area contributed by atoms with Crippen molar-refractivity contribution >= 4 is 11.8 Å². The topological polar surface area (TPSA) is 70.2 Å². The van der Waals surface area contributed by atoms with Gasteiger partial charge >= 0.3 is 6.03 Å². The van der Waals surface area contributed by atoms with Crippen molar-refractivity contribution < 1.29 is 4.79 Å². The van der Waals surface area contributed by atoms with Crippen LogP contribution in [0.25, 0.3) is 0 Å². The molecule has 2 heterocycles. The van der Waals surface area contributed by atoms with E-state index in [-0.39, 0.29) is 17.5 Å². The second-order valence-corrected chi connectivity index (χ2v) is 9.07. The van der Waals surface area contributed by atoms with Gasteiger partial charge in [-0.1, -0.05) is 31.2 Å². The van der Waals surface area contributed by atoms with Gasteiger partial charge in [-0.05, 0) is 57.1 Å². The zero-order valence-electron chi connectivity index (χ0n) is 18.4. The summed E-state index contributed by atoms with van der Waals surface area (Å²) in [7, 11) is 0. The molecule has 2 aromatic rings. The van der Waals surface area contributed by atoms with Crippen LogP contribution in [0.15, 0.2) is 30.3 Å². The summed E-state index contributed by atoms with van der Waals surface area (Å²) >= 11 is 0. The number of hydrogen-bond donors (Lipinski definition) is 2. The highest BCUT2D eigenvalue weighted by molar-refractivity contribution is 5.74. The lowest BCUT2D eigenvalue weighted by Gasteiger charge is -2.37. The Balaban J connectivity index is 1.28. The van der Waals surface area contributed by atoms with Gasteiger partial charge in [0, 0.05) is 42.9 Å². The number of rotatable bonds is 4. The van der Waals surface area contributed by atoms with E-state index in [2.05, 4.69) is 56.7 Å². The summed E-state index contributed by atoms with van der Waals surface area (Å²) in [6.07, 6.45) is 5.28. The van der Waals surface area contributed by atoms with E-state index in [9.17, 15) is 4.79 Å². The number of benzene rings is 1. The SMILES string of the molecule is Cc1cc(N2CCC(NC(=O)NCC3(C)CCCc4ccccc43)CC2)nc(C)n1. The predicted octanol–water partition coefficient (Wildman–Crippen LogP) is 3.66. The molecule has 2 aliphatic rings. The quantitative estimate of drug-likeness (QED) is 0.812. The Hall–Kier alpha value is -2.63. The van der Waals surface area contributed by atoms with E-state index in [1.54, 1.807) is 0 Å². The van der Waals surface area contributed by atoms with Crippen LogP contribution in [-0.4, -0.2) is 41.7 Å². The molecule has 1 unspecified atom stereocenters. The van der Waals surface area contributed by atoms with Crippen molar-refractivity contribution in [3.8, 4) is 0 Å². The molecule has 0 saturated carbocycles. The van der Waals surface area contributed by atoms with Crippen LogP contribution in [0.2, 0.25) is 0 Å². The van der Waals surface area contributed by atoms with E-state index < -0.39 is 0 Å². The summed E-state index contributed by atoms with van der Waals surface area (Å²) in [5, 5.41) is 6.34. The lowest BCUT2D eigenvalue weighted by molar-refractivity contribution is 0.230. The Bertz CT molecular complexity index is 886. The summed E-state index contributed by atoms with van der Waals surface area (Å²) in [4.78, 5) is 23.8. The average molecular weight is 408 g/mol. The number of carbonyl (C=O) groups is 1. The third-order valence-corrected chi connectivity index (χ3v) is 6.59. The van der Waals surface area contributed by atoms with Crippen LogP contribution in [-0.2, 0) is 11.8 Å². The lowest BCUT2D eigenvalue weighted by Crippen LogP contribution is -2.50. The summed E-state index contributed by atoms with van der Waals surface area (Å²) < 4.78 is 0. The molecule has 4 rings (SSSR count). The van der Waals surface area contributed by atoms with Gasteiger partial charge in [0.2, 0.25) is 0 Å². The van der Waals surface area contributed by atoms with Crippen LogP contribution in [0.1, 0.15) is 55.3 Å². The first kappa shape index (κ1) is 20.6. The van der Waals surface area contributed by atoms with E-state index in [0.29, 0.717) is 6.54 Å². The maximum Gasteiger partial charge on any atom is 0.315 e. The molecule has 1 aliphatic heterocycles. The standard InChI is InChI=1S/C24H33N5O/c1-17-15-22(27-18(2)26-17)29-13-10-20(11-14-29)28-23(30)25-16-24(3)12-6-8-19-7-4-5-9-21(19)24/h4-5,7,9,15,20H,6,8,10-14,16H2,1-3H3,(H2,25,28,30). The number of aryl methyl sites for hydroxylation is 3. The fourth-order valence-electron chi connectivity index (χ4n) is 4.94. The molecular weight excluding hydrogens is 374 g/mol. The number of carbonyl (C=O) groups excluding carboxylic acids is 1. The predicted molar refractivity (Wildman–Crippen MR) is 120 cm³/mol. The third-order valence-electron chi connectivity index (χ3n) is 6.59. The summed E-state index contributed by atoms with van der Waals surface area (Å²) in [5.41, 5.74) is 3.82. The van der Waals surface area contributed by atoms with Crippen molar-refractivity contribution in [3.63, 3.8) is 0 Å². The zero-order chi connectivity index (χ0) is 21.1. The molecule has 160 valence electrons. The zero-order valence-corrected chi connectivity index (χ0v) is 18.4. The number of hydrogen-bond acceptors (Lipinski definition) is 4. The molecule has 2 N–H and O–H groups in total. The normalized spacial score (nSPS) is 21.8. The number of nitrogens with one attached hydrogen (secondary N) is 2. The summed E-state index contributed by atoms with van der Waals surface area (Å²) in [6, 6.07) is 10.9. The van der Waals surface area contributed by atoms with Gasteiger partial charge in [-0.3, -0.25) is 0 Å². The number of nitrogens with zero attached hydrogens (tertiary/aromatic N) is 3. The smallest absolute Gasteiger partial charge is 0.315 e. The van der Waals surface area contributed by atoms with Gasteiger partial charge in [0.15, 0.2) is 0 Å². The fourth-order valence-corrected chi connectivity index (χ4v) is 4.94. The second-order valence-electron chi connectivity index (χ2n) is 9.07. The van der Waals surface area contributed by atoms with Gasteiger partial charge in [0.25, 0.3) is 0 Å². The minimum atomic E-state index is -0.0496. The van der Waals surface area contributed by atoms with Crippen LogP contribution < -0.4 is 15.5 Å². The van der Waals surface area contributed by atoms with Crippen LogP contribution in [0.3, 0.4) is 0 Å². The Morgan fingerprint density at radius 3 is 2.73 bits per heavy atom. The first-order valence-corrected chi connectivity index (χ1v) is 11.1. The summed E-state index contributed by atoms with van der Waals surface area (Å²) in [6.45, 7) is 8.67. The molecule has 0 spiro atoms. The highest BCUT2D eigenvalue weighted by Gasteiger charge is 2.32. The van der Waals surface area contributed by atoms with Gasteiger partial charge in [-0.15, -0.1) is 0 Å². The summed E-state index contributed by atoms with van der Waals surface area (Å²) in [5.74, 6) is 1.80. The number of anilines is 1. The molecule has 1 aromatic heterocycles. The van der Waals surface area contributed by atoms with Gasteiger partial charge in [-0.2, -0.15) is 0 Å². The number of fused-ring (bicyclic) bond motifs is 1. The molecular formula is C24H33N5O. The minimum Gasteiger partial charge on any atom is -0.356 e. The van der Waals surface area contributed by atoms with E-state index in [1.165, 1.54) is 17.5 Å². The Kier molecular flexibility index (Phi) is 5.93. The van der Waals surface area contributed by atoms with Gasteiger partial charge in [0.1, 0.15) is 11.6 Å². The number of urea groups is 1. The van der Waals surface area contributed by atoms with Crippen LogP contribution in [0.4, 0.5) is 10.6 Å². The highest BCUT2D eigenvalue weighted by atomic mass is 16.2. The minimum absolute atomic E-state index is 0.0122. The number of amides is 2. The van der Waals surface area contributed by atoms with Crippen molar-refractivity contribution in [3.05, 3.63) is 53.0 Å². The molecule has 6 heteroatoms. The van der Waals surface area contributed by atoms with Crippen LogP contribution in [0.5, 0.6) is 0 Å². The molecule has 2 amide bonds. The van der Waals surface area contributed by atoms with Crippen molar-refractivity contribution in [2.75, 3.05) is 24.5 Å². The highest BCUT2D eigenvalue weighted by Crippen LogP contribution is 2.36. The average Bonchev–Trinajstić information content (AvgIpc) is 2.73. The number of aromatic nitrogens is 2. The van der Waals surface area contributed by atoms with Crippen molar-refractivity contribution in [1.82, 2.24) is 20.6 Å². The van der Waals surface area contributed by atoms with E-state index in [0.717, 1.165) is 56.1 Å². The molecule has 1 aliphatic carbocycles. The molecule has 1 aromatic carbocycles. The Labute approximate surface area is 179 Å². The van der Waals surface area contributed by atoms with E-state index in [4.69, 9.17) is 0 Å². The molecule has 1 atom stereocenters. The molecule has 6 nitrogen and oxygen atoms in total. The monoisotopic (exact) mass is 407 g/mol. The van der Waals surface area contributed by atoms with Crippen molar-refractivity contribution in [1.29, 1.82) is 0 Å². The van der Waals surface area contributed by atoms with Crippen molar-refractivity contribution in [2.24, 2.45) is 0 Å². The van der Waals surface area contributed by atoms with Crippen LogP contribution >= 0.6 is 0 Å². The van der Waals surface area contributed by atoms with Gasteiger partial charge < -0.3 is 15.5 Å². The van der Waals surface area contributed by atoms with E-state index >= 15 is 0 Å². The Morgan fingerprint density at radius 2 is 1.97 bits per heavy atom. The third kappa shape index (κ3) is 4.58. The maximum absolute atomic E-state index is 12.6.